The Bertz CT molecular complexity index is 700. The Morgan fingerprint density at radius 2 is 1.74 bits per heavy atom. The van der Waals surface area contributed by atoms with Gasteiger partial charge in [-0.05, 0) is 30.5 Å². The number of methoxy groups -OCH3 is 1. The van der Waals surface area contributed by atoms with E-state index >= 15 is 0 Å². The van der Waals surface area contributed by atoms with Crippen LogP contribution in [0.25, 0.3) is 11.1 Å². The maximum absolute atomic E-state index is 11.2. The first-order valence-corrected chi connectivity index (χ1v) is 7.62. The molecule has 2 rings (SSSR count). The molecule has 0 aliphatic heterocycles. The molecule has 2 aromatic carbocycles. The van der Waals surface area contributed by atoms with Crippen LogP contribution in [-0.2, 0) is 16.0 Å². The number of carbonyl (C=O) groups is 1. The molecule has 3 heteroatoms. The molecule has 0 aliphatic rings. The highest BCUT2D eigenvalue weighted by molar-refractivity contribution is 5.82. The summed E-state index contributed by atoms with van der Waals surface area (Å²) in [6.07, 6.45) is 2.28. The van der Waals surface area contributed by atoms with E-state index in [4.69, 9.17) is 0 Å². The van der Waals surface area contributed by atoms with Crippen LogP contribution in [0, 0.1) is 0 Å². The molecule has 0 atom stereocenters. The van der Waals surface area contributed by atoms with Crippen molar-refractivity contribution >= 4 is 11.7 Å². The molecule has 3 nitrogen and oxygen atoms in total. The van der Waals surface area contributed by atoms with Gasteiger partial charge in [-0.25, -0.2) is 4.79 Å². The number of hydrogen-bond acceptors (Lipinski definition) is 3. The zero-order valence-electron chi connectivity index (χ0n) is 14.2. The van der Waals surface area contributed by atoms with Crippen LogP contribution in [-0.4, -0.2) is 27.2 Å². The number of hydrogen-bond donors (Lipinski definition) is 0. The Hall–Kier alpha value is -2.55. The Labute approximate surface area is 138 Å². The SMILES string of the molecule is COC(=O)/C=C(\C)Cc1ccc(-c2ccccc2N(C)C)cc1. The molecular formula is C20H23NO2. The maximum atomic E-state index is 11.2. The van der Waals surface area contributed by atoms with Gasteiger partial charge in [-0.15, -0.1) is 0 Å². The van der Waals surface area contributed by atoms with Crippen LogP contribution >= 0.6 is 0 Å². The van der Waals surface area contributed by atoms with Gasteiger partial charge in [0, 0.05) is 31.4 Å². The van der Waals surface area contributed by atoms with Crippen molar-refractivity contribution in [2.75, 3.05) is 26.1 Å². The second-order valence-corrected chi connectivity index (χ2v) is 5.80. The molecule has 0 bridgehead atoms. The number of esters is 1. The van der Waals surface area contributed by atoms with Crippen molar-refractivity contribution < 1.29 is 9.53 Å². The van der Waals surface area contributed by atoms with Gasteiger partial charge >= 0.3 is 5.97 Å². The molecule has 0 aliphatic carbocycles. The molecule has 2 aromatic rings. The minimum atomic E-state index is -0.306. The van der Waals surface area contributed by atoms with Gasteiger partial charge in [0.15, 0.2) is 0 Å². The monoisotopic (exact) mass is 309 g/mol. The first-order valence-electron chi connectivity index (χ1n) is 7.62. The van der Waals surface area contributed by atoms with Gasteiger partial charge in [0.2, 0.25) is 0 Å². The maximum Gasteiger partial charge on any atom is 0.330 e. The summed E-state index contributed by atoms with van der Waals surface area (Å²) in [5.41, 5.74) is 5.76. The summed E-state index contributed by atoms with van der Waals surface area (Å²) in [6, 6.07) is 16.8. The zero-order valence-corrected chi connectivity index (χ0v) is 14.2. The molecule has 0 heterocycles. The lowest BCUT2D eigenvalue weighted by atomic mass is 9.99. The highest BCUT2D eigenvalue weighted by atomic mass is 16.5. The van der Waals surface area contributed by atoms with E-state index in [0.29, 0.717) is 0 Å². The topological polar surface area (TPSA) is 29.5 Å². The fraction of sp³-hybridized carbons (Fsp3) is 0.250. The first kappa shape index (κ1) is 16.8. The normalized spacial score (nSPS) is 11.2. The van der Waals surface area contributed by atoms with Gasteiger partial charge in [-0.3, -0.25) is 0 Å². The summed E-state index contributed by atoms with van der Waals surface area (Å²) in [4.78, 5) is 13.4. The number of carbonyl (C=O) groups excluding carboxylic acids is 1. The number of para-hydroxylation sites is 1. The molecule has 0 N–H and O–H groups in total. The van der Waals surface area contributed by atoms with Crippen molar-refractivity contribution in [2.24, 2.45) is 0 Å². The second kappa shape index (κ2) is 7.63. The summed E-state index contributed by atoms with van der Waals surface area (Å²) in [6.45, 7) is 1.94. The van der Waals surface area contributed by atoms with Crippen LogP contribution < -0.4 is 4.90 Å². The number of rotatable bonds is 5. The predicted molar refractivity (Wildman–Crippen MR) is 95.7 cm³/mol. The van der Waals surface area contributed by atoms with Crippen molar-refractivity contribution in [3.8, 4) is 11.1 Å². The largest absolute Gasteiger partial charge is 0.466 e. The van der Waals surface area contributed by atoms with E-state index in [1.165, 1.54) is 35.6 Å². The van der Waals surface area contributed by atoms with Crippen LogP contribution in [0.5, 0.6) is 0 Å². The zero-order chi connectivity index (χ0) is 16.8. The summed E-state index contributed by atoms with van der Waals surface area (Å²) in [5, 5.41) is 0. The highest BCUT2D eigenvalue weighted by Crippen LogP contribution is 2.29. The number of nitrogens with zero attached hydrogens (tertiary/aromatic N) is 1. The average Bonchev–Trinajstić information content (AvgIpc) is 2.55. The minimum absolute atomic E-state index is 0.306. The van der Waals surface area contributed by atoms with Crippen LogP contribution in [0.3, 0.4) is 0 Å². The van der Waals surface area contributed by atoms with Crippen LogP contribution in [0.1, 0.15) is 12.5 Å². The van der Waals surface area contributed by atoms with Crippen molar-refractivity contribution in [1.29, 1.82) is 0 Å². The Morgan fingerprint density at radius 1 is 1.09 bits per heavy atom. The molecule has 0 aromatic heterocycles. The predicted octanol–water partition coefficient (Wildman–Crippen LogP) is 4.08. The molecule has 0 amide bonds. The third-order valence-electron chi connectivity index (χ3n) is 3.70. The van der Waals surface area contributed by atoms with Gasteiger partial charge in [0.25, 0.3) is 0 Å². The number of anilines is 1. The van der Waals surface area contributed by atoms with Gasteiger partial charge in [-0.1, -0.05) is 48.0 Å². The second-order valence-electron chi connectivity index (χ2n) is 5.80. The number of allylic oxidation sites excluding steroid dienone is 1. The Kier molecular flexibility index (Phi) is 5.58. The lowest BCUT2D eigenvalue weighted by Crippen LogP contribution is -2.09. The molecule has 0 spiro atoms. The van der Waals surface area contributed by atoms with Crippen LogP contribution in [0.15, 0.2) is 60.2 Å². The Balaban J connectivity index is 2.21. The smallest absolute Gasteiger partial charge is 0.330 e. The van der Waals surface area contributed by atoms with Crippen LogP contribution in [0.2, 0.25) is 0 Å². The summed E-state index contributed by atoms with van der Waals surface area (Å²) in [5.74, 6) is -0.306. The van der Waals surface area contributed by atoms with Crippen LogP contribution in [0.4, 0.5) is 5.69 Å². The van der Waals surface area contributed by atoms with Crippen molar-refractivity contribution in [3.63, 3.8) is 0 Å². The fourth-order valence-electron chi connectivity index (χ4n) is 2.54. The molecule has 0 unspecified atom stereocenters. The van der Waals surface area contributed by atoms with Crippen molar-refractivity contribution in [2.45, 2.75) is 13.3 Å². The highest BCUT2D eigenvalue weighted by Gasteiger charge is 2.06. The summed E-state index contributed by atoms with van der Waals surface area (Å²) < 4.78 is 4.65. The quantitative estimate of drug-likeness (QED) is 0.615. The first-order chi connectivity index (χ1) is 11.0. The molecular weight excluding hydrogens is 286 g/mol. The molecule has 120 valence electrons. The van der Waals surface area contributed by atoms with E-state index in [-0.39, 0.29) is 5.97 Å². The fourth-order valence-corrected chi connectivity index (χ4v) is 2.54. The van der Waals surface area contributed by atoms with E-state index in [1.807, 2.05) is 27.1 Å². The van der Waals surface area contributed by atoms with Gasteiger partial charge in [-0.2, -0.15) is 0 Å². The van der Waals surface area contributed by atoms with E-state index in [1.54, 1.807) is 0 Å². The van der Waals surface area contributed by atoms with Gasteiger partial charge < -0.3 is 9.64 Å². The lowest BCUT2D eigenvalue weighted by Gasteiger charge is -2.17. The third-order valence-corrected chi connectivity index (χ3v) is 3.70. The summed E-state index contributed by atoms with van der Waals surface area (Å²) >= 11 is 0. The molecule has 23 heavy (non-hydrogen) atoms. The summed E-state index contributed by atoms with van der Waals surface area (Å²) in [7, 11) is 5.49. The average molecular weight is 309 g/mol. The molecule has 0 saturated carbocycles. The standard InChI is InChI=1S/C20H23NO2/c1-15(14-20(22)23-4)13-16-9-11-17(12-10-16)18-7-5-6-8-19(18)21(2)3/h5-12,14H,13H2,1-4H3/b15-14+. The lowest BCUT2D eigenvalue weighted by molar-refractivity contribution is -0.134. The van der Waals surface area contributed by atoms with E-state index in [2.05, 4.69) is 52.1 Å². The van der Waals surface area contributed by atoms with E-state index in [9.17, 15) is 4.79 Å². The Morgan fingerprint density at radius 3 is 2.35 bits per heavy atom. The minimum Gasteiger partial charge on any atom is -0.466 e. The molecule has 0 saturated heterocycles. The third kappa shape index (κ3) is 4.46. The van der Waals surface area contributed by atoms with Crippen molar-refractivity contribution in [1.82, 2.24) is 0 Å². The van der Waals surface area contributed by atoms with Gasteiger partial charge in [0.1, 0.15) is 0 Å². The molecule has 0 fully saturated rings. The van der Waals surface area contributed by atoms with E-state index < -0.39 is 0 Å². The van der Waals surface area contributed by atoms with Gasteiger partial charge in [0.05, 0.1) is 7.11 Å². The van der Waals surface area contributed by atoms with Crippen molar-refractivity contribution in [3.05, 3.63) is 65.7 Å². The molecule has 0 radical (unpaired) electrons. The van der Waals surface area contributed by atoms with E-state index in [0.717, 1.165) is 12.0 Å². The number of benzene rings is 2. The number of ether oxygens (including phenoxy) is 1.